The van der Waals surface area contributed by atoms with Crippen LogP contribution in [0.5, 0.6) is 0 Å². The summed E-state index contributed by atoms with van der Waals surface area (Å²) in [6.45, 7) is 5.96. The number of nitrogens with one attached hydrogen (secondary N) is 1. The van der Waals surface area contributed by atoms with Gasteiger partial charge in [-0.3, -0.25) is 4.79 Å². The summed E-state index contributed by atoms with van der Waals surface area (Å²) in [6, 6.07) is 5.46. The van der Waals surface area contributed by atoms with Gasteiger partial charge in [-0.1, -0.05) is 13.0 Å². The highest BCUT2D eigenvalue weighted by molar-refractivity contribution is 8.01. The maximum atomic E-state index is 12.1. The Balaban J connectivity index is 2.61. The number of thioether (sulfide) groups is 1. The highest BCUT2D eigenvalue weighted by Gasteiger charge is 2.17. The summed E-state index contributed by atoms with van der Waals surface area (Å²) in [6.07, 6.45) is 0.694. The van der Waals surface area contributed by atoms with E-state index in [1.807, 2.05) is 32.9 Å². The molecule has 0 heterocycles. The predicted molar refractivity (Wildman–Crippen MR) is 82.4 cm³/mol. The molecule has 5 heteroatoms. The van der Waals surface area contributed by atoms with E-state index < -0.39 is 0 Å². The van der Waals surface area contributed by atoms with Crippen molar-refractivity contribution in [1.29, 1.82) is 0 Å². The molecule has 0 aliphatic heterocycles. The number of benzene rings is 1. The molecule has 2 unspecified atom stereocenters. The smallest absolute Gasteiger partial charge is 0.237 e. The molecule has 4 nitrogen and oxygen atoms in total. The zero-order chi connectivity index (χ0) is 14.4. The molecule has 0 radical (unpaired) electrons. The van der Waals surface area contributed by atoms with E-state index in [0.29, 0.717) is 12.1 Å². The molecule has 1 aromatic carbocycles. The van der Waals surface area contributed by atoms with E-state index in [0.717, 1.165) is 11.3 Å². The van der Waals surface area contributed by atoms with Crippen molar-refractivity contribution in [3.05, 3.63) is 23.8 Å². The molecule has 0 aromatic heterocycles. The van der Waals surface area contributed by atoms with Gasteiger partial charge in [0, 0.05) is 23.2 Å². The first-order valence-electron chi connectivity index (χ1n) is 6.37. The first-order chi connectivity index (χ1) is 8.93. The fourth-order valence-electron chi connectivity index (χ4n) is 1.67. The van der Waals surface area contributed by atoms with Gasteiger partial charge in [-0.2, -0.15) is 0 Å². The average Bonchev–Trinajstić information content (AvgIpc) is 2.34. The molecule has 0 saturated heterocycles. The topological polar surface area (TPSA) is 75.3 Å². The van der Waals surface area contributed by atoms with Gasteiger partial charge >= 0.3 is 0 Å². The number of rotatable bonds is 6. The monoisotopic (exact) mass is 282 g/mol. The summed E-state index contributed by atoms with van der Waals surface area (Å²) < 4.78 is 0. The van der Waals surface area contributed by atoms with Crippen molar-refractivity contribution in [2.75, 3.05) is 17.7 Å². The zero-order valence-electron chi connectivity index (χ0n) is 11.6. The van der Waals surface area contributed by atoms with Crippen molar-refractivity contribution >= 4 is 29.0 Å². The number of carbonyl (C=O) groups excluding carboxylic acids is 1. The number of nitrogens with two attached hydrogens (primary N) is 1. The number of aliphatic hydroxyl groups is 1. The minimum Gasteiger partial charge on any atom is -0.399 e. The zero-order valence-corrected chi connectivity index (χ0v) is 12.5. The molecular formula is C14H22N2O2S. The van der Waals surface area contributed by atoms with E-state index in [1.54, 1.807) is 17.8 Å². The van der Waals surface area contributed by atoms with Crippen LogP contribution in [0.3, 0.4) is 0 Å². The van der Waals surface area contributed by atoms with Gasteiger partial charge in [0.1, 0.15) is 0 Å². The number of hydrogen-bond acceptors (Lipinski definition) is 4. The van der Waals surface area contributed by atoms with Gasteiger partial charge in [0.2, 0.25) is 5.91 Å². The van der Waals surface area contributed by atoms with Crippen molar-refractivity contribution in [2.45, 2.75) is 37.7 Å². The average molecular weight is 282 g/mol. The maximum absolute atomic E-state index is 12.1. The molecule has 2 atom stereocenters. The van der Waals surface area contributed by atoms with Crippen molar-refractivity contribution in [3.63, 3.8) is 0 Å². The van der Waals surface area contributed by atoms with E-state index in [9.17, 15) is 4.79 Å². The van der Waals surface area contributed by atoms with Crippen LogP contribution in [0.15, 0.2) is 18.2 Å². The standard InChI is InChI=1S/C14H22N2O2S/c1-9-4-5-12(15)8-13(9)16-14(18)11(3)19-10(2)6-7-17/h4-5,8,10-11,17H,6-7,15H2,1-3H3,(H,16,18). The van der Waals surface area contributed by atoms with Crippen LogP contribution in [0.25, 0.3) is 0 Å². The highest BCUT2D eigenvalue weighted by atomic mass is 32.2. The van der Waals surface area contributed by atoms with Crippen LogP contribution in [0.2, 0.25) is 0 Å². The van der Waals surface area contributed by atoms with Gasteiger partial charge in [-0.05, 0) is 38.0 Å². The van der Waals surface area contributed by atoms with Gasteiger partial charge in [0.25, 0.3) is 0 Å². The normalized spacial score (nSPS) is 13.9. The second-order valence-electron chi connectivity index (χ2n) is 4.66. The van der Waals surface area contributed by atoms with Gasteiger partial charge < -0.3 is 16.2 Å². The lowest BCUT2D eigenvalue weighted by molar-refractivity contribution is -0.115. The molecule has 0 aliphatic rings. The number of hydrogen-bond donors (Lipinski definition) is 3. The first kappa shape index (κ1) is 15.9. The third-order valence-electron chi connectivity index (χ3n) is 2.86. The summed E-state index contributed by atoms with van der Waals surface area (Å²) in [5, 5.41) is 11.9. The van der Waals surface area contributed by atoms with Crippen molar-refractivity contribution in [3.8, 4) is 0 Å². The largest absolute Gasteiger partial charge is 0.399 e. The molecule has 0 bridgehead atoms. The van der Waals surface area contributed by atoms with Gasteiger partial charge in [0.15, 0.2) is 0 Å². The predicted octanol–water partition coefficient (Wildman–Crippen LogP) is 2.41. The van der Waals surface area contributed by atoms with Crippen LogP contribution in [0.4, 0.5) is 11.4 Å². The van der Waals surface area contributed by atoms with Crippen molar-refractivity contribution < 1.29 is 9.90 Å². The number of aryl methyl sites for hydroxylation is 1. The van der Waals surface area contributed by atoms with E-state index >= 15 is 0 Å². The number of carbonyl (C=O) groups is 1. The fraction of sp³-hybridized carbons (Fsp3) is 0.500. The fourth-order valence-corrected chi connectivity index (χ4v) is 2.79. The third-order valence-corrected chi connectivity index (χ3v) is 4.18. The van der Waals surface area contributed by atoms with E-state index in [4.69, 9.17) is 10.8 Å². The van der Waals surface area contributed by atoms with E-state index in [2.05, 4.69) is 5.32 Å². The Labute approximate surface area is 118 Å². The van der Waals surface area contributed by atoms with Crippen molar-refractivity contribution in [1.82, 2.24) is 0 Å². The van der Waals surface area contributed by atoms with Crippen LogP contribution in [0.1, 0.15) is 25.8 Å². The number of aliphatic hydroxyl groups excluding tert-OH is 1. The second-order valence-corrected chi connectivity index (χ2v) is 6.45. The Morgan fingerprint density at radius 3 is 2.79 bits per heavy atom. The Morgan fingerprint density at radius 1 is 1.47 bits per heavy atom. The Bertz CT molecular complexity index is 437. The number of amides is 1. The molecule has 106 valence electrons. The van der Waals surface area contributed by atoms with Crippen molar-refractivity contribution in [2.24, 2.45) is 0 Å². The lowest BCUT2D eigenvalue weighted by atomic mass is 10.2. The van der Waals surface area contributed by atoms with Crippen LogP contribution >= 0.6 is 11.8 Å². The van der Waals surface area contributed by atoms with Gasteiger partial charge in [-0.25, -0.2) is 0 Å². The summed E-state index contributed by atoms with van der Waals surface area (Å²) in [5.74, 6) is -0.0384. The van der Waals surface area contributed by atoms with Crippen LogP contribution < -0.4 is 11.1 Å². The summed E-state index contributed by atoms with van der Waals surface area (Å²) in [7, 11) is 0. The maximum Gasteiger partial charge on any atom is 0.237 e. The summed E-state index contributed by atoms with van der Waals surface area (Å²) in [4.78, 5) is 12.1. The molecule has 0 saturated carbocycles. The summed E-state index contributed by atoms with van der Waals surface area (Å²) >= 11 is 1.56. The van der Waals surface area contributed by atoms with Crippen LogP contribution in [0, 0.1) is 6.92 Å². The van der Waals surface area contributed by atoms with Crippen LogP contribution in [-0.4, -0.2) is 28.1 Å². The quantitative estimate of drug-likeness (QED) is 0.700. The molecule has 4 N–H and O–H groups in total. The first-order valence-corrected chi connectivity index (χ1v) is 7.31. The Hall–Kier alpha value is -1.20. The molecular weight excluding hydrogens is 260 g/mol. The highest BCUT2D eigenvalue weighted by Crippen LogP contribution is 2.23. The molecule has 0 spiro atoms. The molecule has 0 aliphatic carbocycles. The number of anilines is 2. The van der Waals surface area contributed by atoms with Gasteiger partial charge in [0.05, 0.1) is 5.25 Å². The molecule has 1 aromatic rings. The third kappa shape index (κ3) is 5.12. The lowest BCUT2D eigenvalue weighted by Crippen LogP contribution is -2.24. The minimum absolute atomic E-state index is 0.0384. The van der Waals surface area contributed by atoms with Crippen LogP contribution in [-0.2, 0) is 4.79 Å². The number of nitrogen functional groups attached to an aromatic ring is 1. The second kappa shape index (κ2) is 7.40. The SMILES string of the molecule is Cc1ccc(N)cc1NC(=O)C(C)SC(C)CCO. The summed E-state index contributed by atoms with van der Waals surface area (Å²) in [5.41, 5.74) is 8.10. The lowest BCUT2D eigenvalue weighted by Gasteiger charge is -2.17. The molecule has 0 fully saturated rings. The van der Waals surface area contributed by atoms with Gasteiger partial charge in [-0.15, -0.1) is 11.8 Å². The molecule has 1 amide bonds. The minimum atomic E-state index is -0.164. The Kier molecular flexibility index (Phi) is 6.18. The van der Waals surface area contributed by atoms with E-state index in [-0.39, 0.29) is 23.0 Å². The van der Waals surface area contributed by atoms with E-state index in [1.165, 1.54) is 0 Å². The molecule has 1 rings (SSSR count). The Morgan fingerprint density at radius 2 is 2.16 bits per heavy atom. The molecule has 19 heavy (non-hydrogen) atoms.